The van der Waals surface area contributed by atoms with Crippen LogP contribution in [0.3, 0.4) is 0 Å². The summed E-state index contributed by atoms with van der Waals surface area (Å²) in [5.41, 5.74) is -1.27. The second-order valence-electron chi connectivity index (χ2n) is 5.13. The molecule has 2 aromatic carbocycles. The third-order valence-electron chi connectivity index (χ3n) is 3.40. The summed E-state index contributed by atoms with van der Waals surface area (Å²) in [6, 6.07) is 7.33. The topological polar surface area (TPSA) is 84.5 Å². The van der Waals surface area contributed by atoms with Crippen LogP contribution in [0.25, 0.3) is 0 Å². The van der Waals surface area contributed by atoms with Crippen LogP contribution in [0.15, 0.2) is 47.4 Å². The quantitative estimate of drug-likeness (QED) is 0.825. The lowest BCUT2D eigenvalue weighted by Crippen LogP contribution is -2.20. The van der Waals surface area contributed by atoms with Crippen molar-refractivity contribution in [1.29, 1.82) is 0 Å². The van der Waals surface area contributed by atoms with Crippen molar-refractivity contribution in [3.8, 4) is 5.75 Å². The van der Waals surface area contributed by atoms with Gasteiger partial charge in [0.05, 0.1) is 23.1 Å². The first-order valence-corrected chi connectivity index (χ1v) is 8.67. The first kappa shape index (κ1) is 19.6. The number of carbonyl (C=O) groups is 1. The molecular weight excluding hydrogens is 373 g/mol. The molecule has 0 atom stereocenters. The van der Waals surface area contributed by atoms with Crippen LogP contribution in [0.5, 0.6) is 5.75 Å². The number of amides is 1. The van der Waals surface area contributed by atoms with Gasteiger partial charge in [0.25, 0.3) is 15.9 Å². The first-order valence-electron chi connectivity index (χ1n) is 7.18. The Morgan fingerprint density at radius 3 is 2.38 bits per heavy atom. The number of halogens is 3. The lowest BCUT2D eigenvalue weighted by Gasteiger charge is -2.13. The van der Waals surface area contributed by atoms with E-state index >= 15 is 0 Å². The normalized spacial score (nSPS) is 11.7. The number of methoxy groups -OCH3 is 1. The molecule has 0 radical (unpaired) electrons. The number of benzene rings is 2. The SMILES string of the molecule is CNC(=O)c1cc(S(=O)(=O)Nc2cccc(C(F)(F)F)c2)ccc1OC. The van der Waals surface area contributed by atoms with Gasteiger partial charge < -0.3 is 10.1 Å². The predicted octanol–water partition coefficient (Wildman–Crippen LogP) is 2.87. The van der Waals surface area contributed by atoms with E-state index in [-0.39, 0.29) is 21.9 Å². The fourth-order valence-corrected chi connectivity index (χ4v) is 3.21. The van der Waals surface area contributed by atoms with Crippen molar-refractivity contribution in [2.24, 2.45) is 0 Å². The summed E-state index contributed by atoms with van der Waals surface area (Å²) in [6.45, 7) is 0. The zero-order valence-electron chi connectivity index (χ0n) is 13.7. The Bertz CT molecular complexity index is 927. The molecule has 2 rings (SSSR count). The lowest BCUT2D eigenvalue weighted by molar-refractivity contribution is -0.137. The maximum absolute atomic E-state index is 12.8. The number of anilines is 1. The average Bonchev–Trinajstić information content (AvgIpc) is 2.59. The minimum atomic E-state index is -4.60. The number of hydrogen-bond acceptors (Lipinski definition) is 4. The molecule has 0 aliphatic heterocycles. The van der Waals surface area contributed by atoms with Crippen LogP contribution in [0.4, 0.5) is 18.9 Å². The number of alkyl halides is 3. The summed E-state index contributed by atoms with van der Waals surface area (Å²) in [4.78, 5) is 11.6. The number of ether oxygens (including phenoxy) is 1. The van der Waals surface area contributed by atoms with Crippen molar-refractivity contribution in [2.75, 3.05) is 18.9 Å². The maximum atomic E-state index is 12.8. The molecule has 0 saturated heterocycles. The third kappa shape index (κ3) is 4.26. The van der Waals surface area contributed by atoms with E-state index in [0.29, 0.717) is 6.07 Å². The highest BCUT2D eigenvalue weighted by atomic mass is 32.2. The zero-order valence-corrected chi connectivity index (χ0v) is 14.5. The monoisotopic (exact) mass is 388 g/mol. The van der Waals surface area contributed by atoms with E-state index in [9.17, 15) is 26.4 Å². The molecule has 0 aromatic heterocycles. The summed E-state index contributed by atoms with van der Waals surface area (Å²) >= 11 is 0. The molecule has 10 heteroatoms. The molecule has 2 N–H and O–H groups in total. The Kier molecular flexibility index (Phi) is 5.45. The van der Waals surface area contributed by atoms with Crippen molar-refractivity contribution in [2.45, 2.75) is 11.1 Å². The van der Waals surface area contributed by atoms with E-state index in [0.717, 1.165) is 18.2 Å². The van der Waals surface area contributed by atoms with Gasteiger partial charge in [-0.05, 0) is 36.4 Å². The van der Waals surface area contributed by atoms with Crippen LogP contribution >= 0.6 is 0 Å². The minimum absolute atomic E-state index is 0.0260. The van der Waals surface area contributed by atoms with Crippen LogP contribution < -0.4 is 14.8 Å². The van der Waals surface area contributed by atoms with Crippen molar-refractivity contribution in [3.63, 3.8) is 0 Å². The predicted molar refractivity (Wildman–Crippen MR) is 88.6 cm³/mol. The van der Waals surface area contributed by atoms with Crippen molar-refractivity contribution in [3.05, 3.63) is 53.6 Å². The summed E-state index contributed by atoms with van der Waals surface area (Å²) in [6.07, 6.45) is -4.60. The fourth-order valence-electron chi connectivity index (χ4n) is 2.14. The summed E-state index contributed by atoms with van der Waals surface area (Å²) < 4.78 is 70.3. The molecule has 0 heterocycles. The molecule has 0 fully saturated rings. The highest BCUT2D eigenvalue weighted by Gasteiger charge is 2.30. The Labute approximate surface area is 148 Å². The zero-order chi connectivity index (χ0) is 19.5. The number of hydrogen-bond donors (Lipinski definition) is 2. The summed E-state index contributed by atoms with van der Waals surface area (Å²) in [5, 5.41) is 2.35. The van der Waals surface area contributed by atoms with Gasteiger partial charge in [-0.25, -0.2) is 8.42 Å². The highest BCUT2D eigenvalue weighted by Crippen LogP contribution is 2.31. The van der Waals surface area contributed by atoms with Crippen LogP contribution in [0.1, 0.15) is 15.9 Å². The summed E-state index contributed by atoms with van der Waals surface area (Å²) in [5.74, 6) is -0.416. The van der Waals surface area contributed by atoms with Gasteiger partial charge in [0.1, 0.15) is 5.75 Å². The molecule has 0 aliphatic rings. The summed E-state index contributed by atoms with van der Waals surface area (Å²) in [7, 11) is -1.54. The van der Waals surface area contributed by atoms with Crippen LogP contribution in [0, 0.1) is 0 Å². The van der Waals surface area contributed by atoms with Gasteiger partial charge in [0.2, 0.25) is 0 Å². The molecule has 0 aliphatic carbocycles. The number of sulfonamides is 1. The number of rotatable bonds is 5. The van der Waals surface area contributed by atoms with Crippen LogP contribution in [-0.2, 0) is 16.2 Å². The minimum Gasteiger partial charge on any atom is -0.496 e. The van der Waals surface area contributed by atoms with Gasteiger partial charge in [0.15, 0.2) is 0 Å². The first-order chi connectivity index (χ1) is 12.1. The smallest absolute Gasteiger partial charge is 0.416 e. The van der Waals surface area contributed by atoms with Gasteiger partial charge in [0, 0.05) is 12.7 Å². The Morgan fingerprint density at radius 1 is 1.12 bits per heavy atom. The lowest BCUT2D eigenvalue weighted by atomic mass is 10.2. The maximum Gasteiger partial charge on any atom is 0.416 e. The third-order valence-corrected chi connectivity index (χ3v) is 4.77. The molecule has 6 nitrogen and oxygen atoms in total. The average molecular weight is 388 g/mol. The van der Waals surface area contributed by atoms with Crippen molar-refractivity contribution in [1.82, 2.24) is 5.32 Å². The van der Waals surface area contributed by atoms with Crippen molar-refractivity contribution < 1.29 is 31.1 Å². The van der Waals surface area contributed by atoms with E-state index in [1.807, 2.05) is 0 Å². The molecule has 1 amide bonds. The van der Waals surface area contributed by atoms with Gasteiger partial charge in [-0.1, -0.05) is 6.07 Å². The van der Waals surface area contributed by atoms with E-state index in [1.54, 1.807) is 0 Å². The van der Waals surface area contributed by atoms with Crippen LogP contribution in [-0.4, -0.2) is 28.5 Å². The number of carbonyl (C=O) groups excluding carboxylic acids is 1. The molecule has 0 spiro atoms. The van der Waals surface area contributed by atoms with E-state index < -0.39 is 27.7 Å². The molecule has 26 heavy (non-hydrogen) atoms. The highest BCUT2D eigenvalue weighted by molar-refractivity contribution is 7.92. The molecule has 0 unspecified atom stereocenters. The molecule has 0 bridgehead atoms. The van der Waals surface area contributed by atoms with E-state index in [4.69, 9.17) is 4.74 Å². The standard InChI is InChI=1S/C16H15F3N2O4S/c1-20-15(22)13-9-12(6-7-14(13)25-2)26(23,24)21-11-5-3-4-10(8-11)16(17,18)19/h3-9,21H,1-2H3,(H,20,22). The van der Waals surface area contributed by atoms with Crippen molar-refractivity contribution >= 4 is 21.6 Å². The molecular formula is C16H15F3N2O4S. The second-order valence-corrected chi connectivity index (χ2v) is 6.81. The van der Waals surface area contributed by atoms with Crippen LogP contribution in [0.2, 0.25) is 0 Å². The molecule has 2 aromatic rings. The van der Waals surface area contributed by atoms with Gasteiger partial charge in [-0.3, -0.25) is 9.52 Å². The molecule has 0 saturated carbocycles. The van der Waals surface area contributed by atoms with Gasteiger partial charge >= 0.3 is 6.18 Å². The largest absolute Gasteiger partial charge is 0.496 e. The van der Waals surface area contributed by atoms with Gasteiger partial charge in [-0.2, -0.15) is 13.2 Å². The van der Waals surface area contributed by atoms with E-state index in [2.05, 4.69) is 10.0 Å². The van der Waals surface area contributed by atoms with Gasteiger partial charge in [-0.15, -0.1) is 0 Å². The molecule has 140 valence electrons. The Morgan fingerprint density at radius 2 is 1.81 bits per heavy atom. The Hall–Kier alpha value is -2.75. The Balaban J connectivity index is 2.41. The van der Waals surface area contributed by atoms with E-state index in [1.165, 1.54) is 32.4 Å². The number of nitrogens with one attached hydrogen (secondary N) is 2. The second kappa shape index (κ2) is 7.24. The fraction of sp³-hybridized carbons (Fsp3) is 0.188.